The molecule has 1 aromatic carbocycles. The number of carboxylic acid groups (broad SMARTS) is 2. The maximum Gasteiger partial charge on any atom is 2.00 e. The summed E-state index contributed by atoms with van der Waals surface area (Å²) in [6.07, 6.45) is 0. The van der Waals surface area contributed by atoms with Gasteiger partial charge in [0, 0.05) is 0 Å². The van der Waals surface area contributed by atoms with Crippen LogP contribution in [0.15, 0.2) is 24.3 Å². The predicted octanol–water partition coefficient (Wildman–Crippen LogP) is -1.59. The van der Waals surface area contributed by atoms with Crippen LogP contribution in [-0.4, -0.2) is 11.9 Å². The number of hydrogen-bond donors (Lipinski definition) is 0. The van der Waals surface area contributed by atoms with Gasteiger partial charge in [0.25, 0.3) is 0 Å². The summed E-state index contributed by atoms with van der Waals surface area (Å²) >= 11 is 0. The van der Waals surface area contributed by atoms with Crippen LogP contribution in [0, 0.1) is 0 Å². The summed E-state index contributed by atoms with van der Waals surface area (Å²) in [5.41, 5.74) is -0.339. The van der Waals surface area contributed by atoms with Gasteiger partial charge in [0.1, 0.15) is 0 Å². The van der Waals surface area contributed by atoms with E-state index >= 15 is 0 Å². The van der Waals surface area contributed by atoms with E-state index in [1.54, 1.807) is 0 Å². The van der Waals surface area contributed by atoms with Gasteiger partial charge in [-0.3, -0.25) is 0 Å². The minimum atomic E-state index is -1.40. The molecule has 0 aromatic heterocycles. The van der Waals surface area contributed by atoms with Crippen LogP contribution in [0.5, 0.6) is 0 Å². The maximum atomic E-state index is 10.3. The zero-order chi connectivity index (χ0) is 9.14. The van der Waals surface area contributed by atoms with Crippen molar-refractivity contribution in [1.29, 1.82) is 0 Å². The van der Waals surface area contributed by atoms with Crippen LogP contribution in [-0.2, 0) is 19.5 Å². The Balaban J connectivity index is 0.00000144. The Morgan fingerprint density at radius 1 is 1.00 bits per heavy atom. The van der Waals surface area contributed by atoms with Gasteiger partial charge in [-0.15, -0.1) is 0 Å². The number of rotatable bonds is 2. The van der Waals surface area contributed by atoms with Crippen LogP contribution in [0.25, 0.3) is 0 Å². The molecule has 0 aliphatic rings. The van der Waals surface area contributed by atoms with Crippen molar-refractivity contribution in [1.82, 2.24) is 0 Å². The molecule has 1 aromatic rings. The number of carbonyl (C=O) groups is 2. The second kappa shape index (κ2) is 4.72. The van der Waals surface area contributed by atoms with Gasteiger partial charge in [0.2, 0.25) is 0 Å². The summed E-state index contributed by atoms with van der Waals surface area (Å²) in [4.78, 5) is 20.5. The average Bonchev–Trinajstić information content (AvgIpc) is 2.04. The van der Waals surface area contributed by atoms with E-state index in [0.717, 1.165) is 6.07 Å². The molecule has 0 radical (unpaired) electrons. The molecule has 0 fully saturated rings. The summed E-state index contributed by atoms with van der Waals surface area (Å²) in [5.74, 6) is -2.81. The van der Waals surface area contributed by atoms with Crippen molar-refractivity contribution in [3.63, 3.8) is 0 Å². The van der Waals surface area contributed by atoms with Gasteiger partial charge in [-0.2, -0.15) is 0 Å². The van der Waals surface area contributed by atoms with Crippen molar-refractivity contribution in [3.8, 4) is 0 Å². The summed E-state index contributed by atoms with van der Waals surface area (Å²) in [6, 6.07) is 4.81. The summed E-state index contributed by atoms with van der Waals surface area (Å²) in [5, 5.41) is 20.5. The van der Waals surface area contributed by atoms with Gasteiger partial charge in [-0.1, -0.05) is 18.2 Å². The Bertz CT molecular complexity index is 305. The number of aromatic carboxylic acids is 2. The molecule has 0 heterocycles. The zero-order valence-electron chi connectivity index (χ0n) is 6.30. The van der Waals surface area contributed by atoms with Crippen molar-refractivity contribution in [2.24, 2.45) is 0 Å². The Kier molecular flexibility index (Phi) is 4.28. The van der Waals surface area contributed by atoms with Crippen LogP contribution in [0.4, 0.5) is 0 Å². The average molecular weight is 265 g/mol. The Hall–Kier alpha value is -1.22. The van der Waals surface area contributed by atoms with Gasteiger partial charge in [0.05, 0.1) is 11.9 Å². The first kappa shape index (κ1) is 11.8. The quantitative estimate of drug-likeness (QED) is 0.604. The molecular weight excluding hydrogens is 261 g/mol. The van der Waals surface area contributed by atoms with Crippen molar-refractivity contribution >= 4 is 11.9 Å². The van der Waals surface area contributed by atoms with E-state index in [-0.39, 0.29) is 30.6 Å². The van der Waals surface area contributed by atoms with E-state index in [1.165, 1.54) is 18.2 Å². The minimum Gasteiger partial charge on any atom is -0.545 e. The fourth-order valence-electron chi connectivity index (χ4n) is 0.773. The van der Waals surface area contributed by atoms with E-state index in [4.69, 9.17) is 0 Å². The van der Waals surface area contributed by atoms with Crippen molar-refractivity contribution in [2.75, 3.05) is 0 Å². The molecular formula is C8H4O4Ru. The van der Waals surface area contributed by atoms with E-state index < -0.39 is 11.9 Å². The first-order chi connectivity index (χ1) is 5.61. The molecule has 0 bridgehead atoms. The maximum absolute atomic E-state index is 10.3. The van der Waals surface area contributed by atoms with E-state index in [9.17, 15) is 19.8 Å². The molecule has 68 valence electrons. The minimum absolute atomic E-state index is 0. The Morgan fingerprint density at radius 2 is 1.38 bits per heavy atom. The second-order valence-corrected chi connectivity index (χ2v) is 2.16. The molecule has 0 N–H and O–H groups in total. The standard InChI is InChI=1S/C8H6O4.Ru/c9-7(10)5-2-1-3-6(4-5)8(11)12;/h1-4H,(H,9,10)(H,11,12);/q;+2/p-2. The third kappa shape index (κ3) is 2.95. The molecule has 0 aliphatic carbocycles. The molecule has 0 atom stereocenters. The topological polar surface area (TPSA) is 80.3 Å². The molecule has 0 aliphatic heterocycles. The normalized spacial score (nSPS) is 8.62. The first-order valence-corrected chi connectivity index (χ1v) is 3.14. The molecule has 0 spiro atoms. The Morgan fingerprint density at radius 3 is 1.69 bits per heavy atom. The number of benzene rings is 1. The smallest absolute Gasteiger partial charge is 0.545 e. The largest absolute Gasteiger partial charge is 2.00 e. The zero-order valence-corrected chi connectivity index (χ0v) is 8.03. The van der Waals surface area contributed by atoms with Crippen LogP contribution in [0.3, 0.4) is 0 Å². The molecule has 5 heteroatoms. The second-order valence-electron chi connectivity index (χ2n) is 2.16. The molecule has 0 saturated carbocycles. The van der Waals surface area contributed by atoms with Crippen molar-refractivity contribution in [2.45, 2.75) is 0 Å². The fraction of sp³-hybridized carbons (Fsp3) is 0. The molecule has 13 heavy (non-hydrogen) atoms. The number of carbonyl (C=O) groups excluding carboxylic acids is 2. The summed E-state index contributed by atoms with van der Waals surface area (Å²) in [7, 11) is 0. The van der Waals surface area contributed by atoms with Crippen LogP contribution < -0.4 is 10.2 Å². The van der Waals surface area contributed by atoms with Gasteiger partial charge >= 0.3 is 19.5 Å². The molecule has 1 rings (SSSR count). The Labute approximate surface area is 87.0 Å². The van der Waals surface area contributed by atoms with Gasteiger partial charge in [-0.05, 0) is 17.2 Å². The number of carboxylic acids is 2. The fourth-order valence-corrected chi connectivity index (χ4v) is 0.773. The van der Waals surface area contributed by atoms with E-state index in [0.29, 0.717) is 0 Å². The monoisotopic (exact) mass is 266 g/mol. The van der Waals surface area contributed by atoms with E-state index in [1.807, 2.05) is 0 Å². The molecule has 0 unspecified atom stereocenters. The molecule has 4 nitrogen and oxygen atoms in total. The van der Waals surface area contributed by atoms with E-state index in [2.05, 4.69) is 0 Å². The first-order valence-electron chi connectivity index (χ1n) is 3.14. The van der Waals surface area contributed by atoms with Gasteiger partial charge < -0.3 is 19.8 Å². The third-order valence-electron chi connectivity index (χ3n) is 1.33. The van der Waals surface area contributed by atoms with Gasteiger partial charge in [0.15, 0.2) is 0 Å². The van der Waals surface area contributed by atoms with Gasteiger partial charge in [-0.25, -0.2) is 0 Å². The SMILES string of the molecule is O=C([O-])c1cccc(C(=O)[O-])c1.[Ru+2]. The number of hydrogen-bond acceptors (Lipinski definition) is 4. The predicted molar refractivity (Wildman–Crippen MR) is 35.1 cm³/mol. The van der Waals surface area contributed by atoms with Crippen molar-refractivity contribution in [3.05, 3.63) is 35.4 Å². The summed E-state index contributed by atoms with van der Waals surface area (Å²) in [6.45, 7) is 0. The van der Waals surface area contributed by atoms with Crippen LogP contribution >= 0.6 is 0 Å². The molecule has 0 saturated heterocycles. The van der Waals surface area contributed by atoms with Crippen LogP contribution in [0.1, 0.15) is 20.7 Å². The molecule has 0 amide bonds. The van der Waals surface area contributed by atoms with Crippen molar-refractivity contribution < 1.29 is 39.3 Å². The third-order valence-corrected chi connectivity index (χ3v) is 1.33. The van der Waals surface area contributed by atoms with Crippen LogP contribution in [0.2, 0.25) is 0 Å². The summed E-state index contributed by atoms with van der Waals surface area (Å²) < 4.78 is 0.